The van der Waals surface area contributed by atoms with Crippen LogP contribution in [-0.4, -0.2) is 5.78 Å². The molecule has 0 heterocycles. The Morgan fingerprint density at radius 2 is 1.65 bits per heavy atom. The maximum Gasteiger partial charge on any atom is 0.191 e. The average molecular weight is 313 g/mol. The number of benzene rings is 2. The summed E-state index contributed by atoms with van der Waals surface area (Å²) in [7, 11) is 0. The summed E-state index contributed by atoms with van der Waals surface area (Å²) in [5.74, 6) is -2.55. The molecule has 102 valence electrons. The maximum atomic E-state index is 13.4. The molecule has 0 aliphatic heterocycles. The van der Waals surface area contributed by atoms with Crippen LogP contribution in [0.25, 0.3) is 6.08 Å². The van der Waals surface area contributed by atoms with Gasteiger partial charge in [-0.2, -0.15) is 0 Å². The predicted molar refractivity (Wildman–Crippen MR) is 76.2 cm³/mol. The fourth-order valence-electron chi connectivity index (χ4n) is 1.60. The third kappa shape index (κ3) is 3.24. The van der Waals surface area contributed by atoms with E-state index in [-0.39, 0.29) is 0 Å². The number of rotatable bonds is 3. The first-order valence-corrected chi connectivity index (χ1v) is 6.36. The summed E-state index contributed by atoms with van der Waals surface area (Å²) in [5.41, 5.74) is 0.0216. The highest BCUT2D eigenvalue weighted by molar-refractivity contribution is 6.42. The van der Waals surface area contributed by atoms with Gasteiger partial charge in [0.2, 0.25) is 0 Å². The van der Waals surface area contributed by atoms with Crippen molar-refractivity contribution < 1.29 is 13.6 Å². The second-order valence-electron chi connectivity index (χ2n) is 3.97. The minimum Gasteiger partial charge on any atom is -0.289 e. The predicted octanol–water partition coefficient (Wildman–Crippen LogP) is 5.17. The lowest BCUT2D eigenvalue weighted by Gasteiger charge is -2.00. The van der Waals surface area contributed by atoms with Crippen molar-refractivity contribution in [3.05, 3.63) is 75.3 Å². The normalized spacial score (nSPS) is 11.0. The largest absolute Gasteiger partial charge is 0.289 e. The van der Waals surface area contributed by atoms with Crippen molar-refractivity contribution in [1.82, 2.24) is 0 Å². The Bertz CT molecular complexity index is 676. The quantitative estimate of drug-likeness (QED) is 0.564. The molecule has 2 aromatic rings. The van der Waals surface area contributed by atoms with Crippen molar-refractivity contribution in [1.29, 1.82) is 0 Å². The van der Waals surface area contributed by atoms with Gasteiger partial charge in [0, 0.05) is 0 Å². The molecule has 0 bridgehead atoms. The van der Waals surface area contributed by atoms with Crippen LogP contribution in [0.1, 0.15) is 15.9 Å². The highest BCUT2D eigenvalue weighted by Gasteiger charge is 2.14. The molecule has 0 atom stereocenters. The highest BCUT2D eigenvalue weighted by atomic mass is 35.5. The number of carbonyl (C=O) groups excluding carboxylic acids is 1. The number of ketones is 1. The van der Waals surface area contributed by atoms with E-state index in [0.29, 0.717) is 15.6 Å². The molecule has 0 aliphatic rings. The van der Waals surface area contributed by atoms with E-state index in [0.717, 1.165) is 18.2 Å². The van der Waals surface area contributed by atoms with Gasteiger partial charge in [0.15, 0.2) is 5.78 Å². The molecule has 0 fully saturated rings. The zero-order valence-corrected chi connectivity index (χ0v) is 11.6. The molecule has 2 rings (SSSR count). The van der Waals surface area contributed by atoms with Gasteiger partial charge in [0.05, 0.1) is 15.6 Å². The second kappa shape index (κ2) is 6.16. The summed E-state index contributed by atoms with van der Waals surface area (Å²) in [4.78, 5) is 11.8. The maximum absolute atomic E-state index is 13.4. The lowest BCUT2D eigenvalue weighted by atomic mass is 10.1. The van der Waals surface area contributed by atoms with Crippen LogP contribution in [0.3, 0.4) is 0 Å². The molecule has 0 saturated carbocycles. The molecule has 0 spiro atoms. The van der Waals surface area contributed by atoms with E-state index in [2.05, 4.69) is 0 Å². The van der Waals surface area contributed by atoms with Crippen LogP contribution in [0.4, 0.5) is 8.78 Å². The monoisotopic (exact) mass is 312 g/mol. The van der Waals surface area contributed by atoms with Crippen molar-refractivity contribution in [2.45, 2.75) is 0 Å². The topological polar surface area (TPSA) is 17.1 Å². The first kappa shape index (κ1) is 14.7. The van der Waals surface area contributed by atoms with Gasteiger partial charge in [-0.15, -0.1) is 0 Å². The van der Waals surface area contributed by atoms with Gasteiger partial charge >= 0.3 is 0 Å². The average Bonchev–Trinajstić information content (AvgIpc) is 2.40. The summed E-state index contributed by atoms with van der Waals surface area (Å²) in [6.07, 6.45) is 2.50. The van der Waals surface area contributed by atoms with Gasteiger partial charge in [-0.25, -0.2) is 8.78 Å². The Morgan fingerprint density at radius 1 is 1.00 bits per heavy atom. The Hall–Kier alpha value is -1.71. The SMILES string of the molecule is O=C(/C=C/c1ccc(Cl)c(Cl)c1)c1c(F)cccc1F. The molecule has 0 aromatic heterocycles. The van der Waals surface area contributed by atoms with Gasteiger partial charge < -0.3 is 0 Å². The molecule has 0 saturated heterocycles. The van der Waals surface area contributed by atoms with E-state index in [1.807, 2.05) is 0 Å². The Balaban J connectivity index is 2.27. The van der Waals surface area contributed by atoms with E-state index in [9.17, 15) is 13.6 Å². The van der Waals surface area contributed by atoms with Crippen LogP contribution in [-0.2, 0) is 0 Å². The standard InChI is InChI=1S/C15H8Cl2F2O/c16-10-6-4-9(8-11(10)17)5-7-14(20)15-12(18)2-1-3-13(15)19/h1-8H/b7-5+. The third-order valence-corrected chi connectivity index (χ3v) is 3.32. The lowest BCUT2D eigenvalue weighted by Crippen LogP contribution is -2.02. The van der Waals surface area contributed by atoms with E-state index < -0.39 is 23.0 Å². The Kier molecular flexibility index (Phi) is 4.53. The van der Waals surface area contributed by atoms with Gasteiger partial charge in [0.25, 0.3) is 0 Å². The smallest absolute Gasteiger partial charge is 0.191 e. The molecule has 0 aliphatic carbocycles. The van der Waals surface area contributed by atoms with Crippen molar-refractivity contribution in [2.24, 2.45) is 0 Å². The van der Waals surface area contributed by atoms with Gasteiger partial charge in [-0.05, 0) is 35.9 Å². The van der Waals surface area contributed by atoms with Crippen molar-refractivity contribution >= 4 is 35.1 Å². The molecular weight excluding hydrogens is 305 g/mol. The van der Waals surface area contributed by atoms with Gasteiger partial charge in [-0.3, -0.25) is 4.79 Å². The molecule has 0 radical (unpaired) electrons. The fraction of sp³-hybridized carbons (Fsp3) is 0. The van der Waals surface area contributed by atoms with Crippen molar-refractivity contribution in [2.75, 3.05) is 0 Å². The van der Waals surface area contributed by atoms with Crippen molar-refractivity contribution in [3.8, 4) is 0 Å². The van der Waals surface area contributed by atoms with Crippen LogP contribution < -0.4 is 0 Å². The first-order chi connectivity index (χ1) is 9.49. The molecule has 20 heavy (non-hydrogen) atoms. The highest BCUT2D eigenvalue weighted by Crippen LogP contribution is 2.23. The zero-order chi connectivity index (χ0) is 14.7. The number of allylic oxidation sites excluding steroid dienone is 1. The molecule has 0 unspecified atom stereocenters. The van der Waals surface area contributed by atoms with Gasteiger partial charge in [-0.1, -0.05) is 41.4 Å². The first-order valence-electron chi connectivity index (χ1n) is 5.60. The summed E-state index contributed by atoms with van der Waals surface area (Å²) in [6, 6.07) is 8.01. The molecule has 2 aromatic carbocycles. The van der Waals surface area contributed by atoms with E-state index >= 15 is 0 Å². The van der Waals surface area contributed by atoms with E-state index in [1.165, 1.54) is 12.1 Å². The minimum atomic E-state index is -0.895. The number of halogens is 4. The van der Waals surface area contributed by atoms with E-state index in [4.69, 9.17) is 23.2 Å². The number of hydrogen-bond donors (Lipinski definition) is 0. The summed E-state index contributed by atoms with van der Waals surface area (Å²) >= 11 is 11.6. The Labute approximate surface area is 124 Å². The third-order valence-electron chi connectivity index (χ3n) is 2.58. The fourth-order valence-corrected chi connectivity index (χ4v) is 1.91. The zero-order valence-electron chi connectivity index (χ0n) is 10.0. The summed E-state index contributed by atoms with van der Waals surface area (Å²) in [6.45, 7) is 0. The molecular formula is C15H8Cl2F2O. The number of hydrogen-bond acceptors (Lipinski definition) is 1. The van der Waals surface area contributed by atoms with E-state index in [1.54, 1.807) is 18.2 Å². The summed E-state index contributed by atoms with van der Waals surface area (Å²) in [5, 5.41) is 0.716. The van der Waals surface area contributed by atoms with Crippen LogP contribution >= 0.6 is 23.2 Å². The Morgan fingerprint density at radius 3 is 2.25 bits per heavy atom. The van der Waals surface area contributed by atoms with Crippen LogP contribution in [0.2, 0.25) is 10.0 Å². The van der Waals surface area contributed by atoms with Gasteiger partial charge in [0.1, 0.15) is 11.6 Å². The lowest BCUT2D eigenvalue weighted by molar-refractivity contribution is 0.104. The number of carbonyl (C=O) groups is 1. The molecule has 5 heteroatoms. The van der Waals surface area contributed by atoms with Crippen LogP contribution in [0.15, 0.2) is 42.5 Å². The molecule has 0 amide bonds. The summed E-state index contributed by atoms with van der Waals surface area (Å²) < 4.78 is 26.8. The molecule has 0 N–H and O–H groups in total. The van der Waals surface area contributed by atoms with Crippen LogP contribution in [0, 0.1) is 11.6 Å². The van der Waals surface area contributed by atoms with Crippen LogP contribution in [0.5, 0.6) is 0 Å². The second-order valence-corrected chi connectivity index (χ2v) is 4.78. The minimum absolute atomic E-state index is 0.332. The molecule has 1 nitrogen and oxygen atoms in total. The van der Waals surface area contributed by atoms with Crippen molar-refractivity contribution in [3.63, 3.8) is 0 Å².